The number of nitrogens with zero attached hydrogens (tertiary/aromatic N) is 6. The number of pyridine rings is 1. The van der Waals surface area contributed by atoms with Crippen LogP contribution in [-0.2, 0) is 19.5 Å². The second-order valence-electron chi connectivity index (χ2n) is 7.83. The average molecular weight is 445 g/mol. The van der Waals surface area contributed by atoms with Crippen LogP contribution in [-0.4, -0.2) is 29.7 Å². The van der Waals surface area contributed by atoms with Gasteiger partial charge in [-0.05, 0) is 55.2 Å². The van der Waals surface area contributed by atoms with Gasteiger partial charge in [-0.15, -0.1) is 11.3 Å². The lowest BCUT2D eigenvalue weighted by Gasteiger charge is -2.12. The number of benzene rings is 1. The van der Waals surface area contributed by atoms with E-state index in [1.54, 1.807) is 11.3 Å². The van der Waals surface area contributed by atoms with Gasteiger partial charge < -0.3 is 11.1 Å². The second-order valence-corrected chi connectivity index (χ2v) is 8.95. The van der Waals surface area contributed by atoms with Crippen molar-refractivity contribution in [1.29, 1.82) is 0 Å². The summed E-state index contributed by atoms with van der Waals surface area (Å²) in [4.78, 5) is 17.9. The molecule has 0 amide bonds. The Balaban J connectivity index is 1.39. The Morgan fingerprint density at radius 3 is 2.81 bits per heavy atom. The lowest BCUT2D eigenvalue weighted by molar-refractivity contribution is 0.694. The van der Waals surface area contributed by atoms with Crippen molar-refractivity contribution in [2.45, 2.75) is 40.3 Å². The molecule has 162 valence electrons. The Morgan fingerprint density at radius 1 is 1.12 bits per heavy atom. The zero-order valence-corrected chi connectivity index (χ0v) is 19.1. The van der Waals surface area contributed by atoms with Gasteiger partial charge in [-0.1, -0.05) is 13.0 Å². The fourth-order valence-corrected chi connectivity index (χ4v) is 4.78. The highest BCUT2D eigenvalue weighted by atomic mass is 32.1. The van der Waals surface area contributed by atoms with Crippen LogP contribution in [0.4, 0.5) is 11.6 Å². The van der Waals surface area contributed by atoms with Crippen molar-refractivity contribution < 1.29 is 0 Å². The third-order valence-corrected chi connectivity index (χ3v) is 6.69. The number of fused-ring (bicyclic) bond motifs is 2. The molecule has 0 saturated heterocycles. The molecule has 5 aromatic rings. The van der Waals surface area contributed by atoms with E-state index in [4.69, 9.17) is 10.7 Å². The number of nitrogens with one attached hydrogen (secondary N) is 1. The molecule has 0 aliphatic heterocycles. The minimum atomic E-state index is 0.538. The van der Waals surface area contributed by atoms with Crippen molar-refractivity contribution in [2.75, 3.05) is 11.1 Å². The fraction of sp³-hybridized carbons (Fsp3) is 0.261. The molecule has 3 N–H and O–H groups in total. The molecule has 0 saturated carbocycles. The number of hydrogen-bond acceptors (Lipinski definition) is 8. The van der Waals surface area contributed by atoms with Crippen molar-refractivity contribution >= 4 is 44.2 Å². The summed E-state index contributed by atoms with van der Waals surface area (Å²) in [6.07, 6.45) is 4.48. The summed E-state index contributed by atoms with van der Waals surface area (Å²) in [6.45, 7) is 7.38. The molecule has 0 radical (unpaired) electrons. The van der Waals surface area contributed by atoms with Crippen LogP contribution in [0.3, 0.4) is 0 Å². The number of nitrogen functional groups attached to an aromatic ring is 1. The first kappa shape index (κ1) is 20.3. The van der Waals surface area contributed by atoms with E-state index >= 15 is 0 Å². The van der Waals surface area contributed by atoms with Crippen LogP contribution in [0.25, 0.3) is 21.3 Å². The fourth-order valence-electron chi connectivity index (χ4n) is 3.89. The molecule has 0 aliphatic carbocycles. The van der Waals surface area contributed by atoms with Crippen LogP contribution in [0.15, 0.2) is 36.8 Å². The summed E-state index contributed by atoms with van der Waals surface area (Å²) in [7, 11) is 0. The molecular formula is C23H24N8S. The van der Waals surface area contributed by atoms with Gasteiger partial charge in [0.15, 0.2) is 5.65 Å². The number of anilines is 2. The molecule has 4 heterocycles. The maximum Gasteiger partial charge on any atom is 0.186 e. The number of hydrogen-bond donors (Lipinski definition) is 2. The van der Waals surface area contributed by atoms with Crippen LogP contribution >= 0.6 is 11.3 Å². The minimum Gasteiger partial charge on any atom is -0.384 e. The van der Waals surface area contributed by atoms with E-state index in [-0.39, 0.29) is 0 Å². The molecule has 0 spiro atoms. The van der Waals surface area contributed by atoms with Crippen LogP contribution in [0.2, 0.25) is 0 Å². The van der Waals surface area contributed by atoms with Gasteiger partial charge in [-0.25, -0.2) is 19.9 Å². The highest BCUT2D eigenvalue weighted by molar-refractivity contribution is 7.18. The van der Waals surface area contributed by atoms with Gasteiger partial charge in [0.05, 0.1) is 27.2 Å². The van der Waals surface area contributed by atoms with Crippen molar-refractivity contribution in [1.82, 2.24) is 29.7 Å². The Hall–Kier alpha value is -3.59. The molecule has 0 fully saturated rings. The number of thiazole rings is 1. The van der Waals surface area contributed by atoms with Crippen molar-refractivity contribution in [3.63, 3.8) is 0 Å². The predicted octanol–water partition coefficient (Wildman–Crippen LogP) is 4.25. The molecule has 0 aliphatic rings. The average Bonchev–Trinajstić information content (AvgIpc) is 3.36. The number of aromatic nitrogens is 6. The molecule has 5 rings (SSSR count). The molecule has 9 heteroatoms. The molecule has 0 unspecified atom stereocenters. The van der Waals surface area contributed by atoms with E-state index in [0.717, 1.165) is 50.5 Å². The van der Waals surface area contributed by atoms with E-state index in [1.165, 1.54) is 11.0 Å². The summed E-state index contributed by atoms with van der Waals surface area (Å²) in [5, 5.41) is 10.1. The van der Waals surface area contributed by atoms with Gasteiger partial charge in [0, 0.05) is 18.4 Å². The first-order valence-electron chi connectivity index (χ1n) is 10.5. The monoisotopic (exact) mass is 444 g/mol. The quantitative estimate of drug-likeness (QED) is 0.403. The van der Waals surface area contributed by atoms with Crippen molar-refractivity contribution in [3.05, 3.63) is 64.2 Å². The molecule has 0 atom stereocenters. The number of rotatable bonds is 6. The molecule has 8 nitrogen and oxygen atoms in total. The van der Waals surface area contributed by atoms with Gasteiger partial charge in [0.1, 0.15) is 18.0 Å². The van der Waals surface area contributed by atoms with E-state index in [9.17, 15) is 0 Å². The topological polar surface area (TPSA) is 107 Å². The molecular weight excluding hydrogens is 420 g/mol. The lowest BCUT2D eigenvalue weighted by atomic mass is 10.1. The smallest absolute Gasteiger partial charge is 0.186 e. The second kappa shape index (κ2) is 8.16. The largest absolute Gasteiger partial charge is 0.384 e. The maximum atomic E-state index is 5.85. The predicted molar refractivity (Wildman–Crippen MR) is 129 cm³/mol. The zero-order chi connectivity index (χ0) is 22.2. The zero-order valence-electron chi connectivity index (χ0n) is 18.3. The van der Waals surface area contributed by atoms with Gasteiger partial charge in [-0.2, -0.15) is 5.10 Å². The summed E-state index contributed by atoms with van der Waals surface area (Å²) in [5.74, 6) is 1.29. The highest BCUT2D eigenvalue weighted by Crippen LogP contribution is 2.25. The first-order chi connectivity index (χ1) is 15.5. The summed E-state index contributed by atoms with van der Waals surface area (Å²) in [6, 6.07) is 8.31. The van der Waals surface area contributed by atoms with Crippen LogP contribution in [0, 0.1) is 13.8 Å². The normalized spacial score (nSPS) is 11.5. The number of nitrogens with two attached hydrogens (primary N) is 1. The third-order valence-electron chi connectivity index (χ3n) is 5.51. The Labute approximate surface area is 189 Å². The Kier molecular flexibility index (Phi) is 5.18. The highest BCUT2D eigenvalue weighted by Gasteiger charge is 2.12. The van der Waals surface area contributed by atoms with Crippen molar-refractivity contribution in [2.24, 2.45) is 0 Å². The van der Waals surface area contributed by atoms with Gasteiger partial charge in [0.2, 0.25) is 0 Å². The maximum absolute atomic E-state index is 5.85. The van der Waals surface area contributed by atoms with E-state index in [2.05, 4.69) is 50.5 Å². The van der Waals surface area contributed by atoms with Crippen LogP contribution in [0.5, 0.6) is 0 Å². The van der Waals surface area contributed by atoms with Crippen molar-refractivity contribution in [3.8, 4) is 0 Å². The van der Waals surface area contributed by atoms with Gasteiger partial charge >= 0.3 is 0 Å². The molecule has 4 aromatic heterocycles. The van der Waals surface area contributed by atoms with E-state index in [1.807, 2.05) is 30.8 Å². The minimum absolute atomic E-state index is 0.538. The van der Waals surface area contributed by atoms with Gasteiger partial charge in [0.25, 0.3) is 0 Å². The number of aryl methyl sites for hydroxylation is 3. The Bertz CT molecular complexity index is 1410. The van der Waals surface area contributed by atoms with Crippen LogP contribution < -0.4 is 11.1 Å². The summed E-state index contributed by atoms with van der Waals surface area (Å²) >= 11 is 1.75. The van der Waals surface area contributed by atoms with Gasteiger partial charge in [-0.3, -0.25) is 4.68 Å². The molecule has 0 bridgehead atoms. The van der Waals surface area contributed by atoms with E-state index in [0.29, 0.717) is 24.6 Å². The summed E-state index contributed by atoms with van der Waals surface area (Å²) < 4.78 is 3.12. The third kappa shape index (κ3) is 3.87. The van der Waals surface area contributed by atoms with E-state index < -0.39 is 0 Å². The summed E-state index contributed by atoms with van der Waals surface area (Å²) in [5.41, 5.74) is 11.8. The first-order valence-corrected chi connectivity index (χ1v) is 11.3. The lowest BCUT2D eigenvalue weighted by Crippen LogP contribution is -2.08. The standard InChI is InChI=1S/C23H24N8S/c1-4-21-29-18-8-15(5-6-19(18)32-21)10-31-11-17-22(26-12-27-23(17)30-31)25-9-16-13(2)7-20(24)28-14(16)3/h5-8,11-12H,4,9-10H2,1-3H3,(H2,24,28)(H,25,26,27,30). The SMILES string of the molecule is CCc1nc2cc(Cn3cc4c(NCc5c(C)cc(N)nc5C)ncnc4n3)ccc2s1. The molecule has 32 heavy (non-hydrogen) atoms. The van der Waals surface area contributed by atoms with Crippen LogP contribution in [0.1, 0.15) is 34.3 Å². The molecule has 1 aromatic carbocycles. The Morgan fingerprint density at radius 2 is 2.00 bits per heavy atom.